The Morgan fingerprint density at radius 3 is 2.95 bits per heavy atom. The second-order valence-corrected chi connectivity index (χ2v) is 6.19. The topological polar surface area (TPSA) is 78.7 Å². The first-order chi connectivity index (χ1) is 10.6. The van der Waals surface area contributed by atoms with E-state index in [0.717, 1.165) is 32.2 Å². The average Bonchev–Trinajstić information content (AvgIpc) is 3.25. The maximum atomic E-state index is 12.2. The molecule has 120 valence electrons. The highest BCUT2D eigenvalue weighted by Gasteiger charge is 2.35. The maximum absolute atomic E-state index is 12.2. The third-order valence-corrected chi connectivity index (χ3v) is 4.22. The molecular weight excluding hydrogens is 284 g/mol. The van der Waals surface area contributed by atoms with Crippen LogP contribution >= 0.6 is 0 Å². The molecule has 2 fully saturated rings. The van der Waals surface area contributed by atoms with Crippen LogP contribution in [0.2, 0.25) is 0 Å². The number of rotatable bonds is 4. The summed E-state index contributed by atoms with van der Waals surface area (Å²) in [6.45, 7) is 1.84. The Balaban J connectivity index is 1.48. The number of urea groups is 1. The average molecular weight is 306 g/mol. The minimum absolute atomic E-state index is 0.0312. The van der Waals surface area contributed by atoms with Crippen molar-refractivity contribution in [2.24, 2.45) is 5.92 Å². The van der Waals surface area contributed by atoms with Gasteiger partial charge in [0.1, 0.15) is 12.0 Å². The molecule has 0 unspecified atom stereocenters. The van der Waals surface area contributed by atoms with Crippen LogP contribution in [0.4, 0.5) is 4.79 Å². The Morgan fingerprint density at radius 1 is 1.45 bits per heavy atom. The lowest BCUT2D eigenvalue weighted by atomic mass is 10.1. The molecule has 3 rings (SSSR count). The van der Waals surface area contributed by atoms with Gasteiger partial charge in [0.25, 0.3) is 0 Å². The molecule has 1 aromatic heterocycles. The molecule has 2 heterocycles. The zero-order valence-electron chi connectivity index (χ0n) is 12.8. The fourth-order valence-corrected chi connectivity index (χ4v) is 2.80. The van der Waals surface area contributed by atoms with E-state index in [1.54, 1.807) is 18.0 Å². The summed E-state index contributed by atoms with van der Waals surface area (Å²) >= 11 is 0. The number of hydrogen-bond acceptors (Lipinski definition) is 4. The number of nitrogens with zero attached hydrogens (tertiary/aromatic N) is 3. The molecule has 7 heteroatoms. The quantitative estimate of drug-likeness (QED) is 0.907. The smallest absolute Gasteiger partial charge is 0.317 e. The van der Waals surface area contributed by atoms with Crippen molar-refractivity contribution in [3.8, 4) is 0 Å². The van der Waals surface area contributed by atoms with Gasteiger partial charge in [-0.15, -0.1) is 0 Å². The van der Waals surface area contributed by atoms with Crippen molar-refractivity contribution in [2.75, 3.05) is 20.1 Å². The van der Waals surface area contributed by atoms with Gasteiger partial charge in [-0.3, -0.25) is 4.79 Å². The lowest BCUT2D eigenvalue weighted by molar-refractivity contribution is -0.133. The predicted molar refractivity (Wildman–Crippen MR) is 78.8 cm³/mol. The number of nitrogens with one attached hydrogen (secondary N) is 1. The van der Waals surface area contributed by atoms with Crippen molar-refractivity contribution in [3.05, 3.63) is 18.0 Å². The first-order valence-electron chi connectivity index (χ1n) is 7.83. The standard InChI is InChI=1S/C15H22N4O3/c1-18(9-13-6-8-22-17-13)15(21)16-12-3-2-7-19(10-12)14(20)11-4-5-11/h6,8,11-12H,2-5,7,9-10H2,1H3,(H,16,21)/t12-/m1/s1. The van der Waals surface area contributed by atoms with Gasteiger partial charge in [-0.2, -0.15) is 0 Å². The van der Waals surface area contributed by atoms with Crippen molar-refractivity contribution in [3.63, 3.8) is 0 Å². The molecule has 1 saturated carbocycles. The summed E-state index contributed by atoms with van der Waals surface area (Å²) in [7, 11) is 1.72. The summed E-state index contributed by atoms with van der Waals surface area (Å²) in [6.07, 6.45) is 5.39. The van der Waals surface area contributed by atoms with Crippen molar-refractivity contribution in [1.82, 2.24) is 20.3 Å². The summed E-state index contributed by atoms with van der Waals surface area (Å²) in [5.41, 5.74) is 0.715. The van der Waals surface area contributed by atoms with Crippen LogP contribution in [0, 0.1) is 5.92 Å². The first-order valence-corrected chi connectivity index (χ1v) is 7.83. The number of carbonyl (C=O) groups excluding carboxylic acids is 2. The van der Waals surface area contributed by atoms with Crippen LogP contribution in [-0.2, 0) is 11.3 Å². The normalized spacial score (nSPS) is 21.5. The van der Waals surface area contributed by atoms with Gasteiger partial charge in [0, 0.05) is 38.2 Å². The van der Waals surface area contributed by atoms with Gasteiger partial charge >= 0.3 is 6.03 Å². The van der Waals surface area contributed by atoms with Crippen LogP contribution in [0.5, 0.6) is 0 Å². The Hall–Kier alpha value is -2.05. The summed E-state index contributed by atoms with van der Waals surface area (Å²) in [5.74, 6) is 0.499. The SMILES string of the molecule is CN(Cc1ccon1)C(=O)N[C@@H]1CCCN(C(=O)C2CC2)C1. The van der Waals surface area contributed by atoms with Crippen molar-refractivity contribution in [1.29, 1.82) is 0 Å². The largest absolute Gasteiger partial charge is 0.364 e. The lowest BCUT2D eigenvalue weighted by Crippen LogP contribution is -2.52. The van der Waals surface area contributed by atoms with Gasteiger partial charge in [-0.25, -0.2) is 4.79 Å². The Labute approximate surface area is 129 Å². The Bertz CT molecular complexity index is 527. The number of aromatic nitrogens is 1. The lowest BCUT2D eigenvalue weighted by Gasteiger charge is -2.34. The molecule has 7 nitrogen and oxygen atoms in total. The molecule has 0 radical (unpaired) electrons. The van der Waals surface area contributed by atoms with E-state index in [-0.39, 0.29) is 23.9 Å². The van der Waals surface area contributed by atoms with E-state index in [2.05, 4.69) is 10.5 Å². The van der Waals surface area contributed by atoms with Gasteiger partial charge in [0.05, 0.1) is 6.54 Å². The third-order valence-electron chi connectivity index (χ3n) is 4.22. The predicted octanol–water partition coefficient (Wildman–Crippen LogP) is 1.22. The molecule has 0 spiro atoms. The molecule has 22 heavy (non-hydrogen) atoms. The van der Waals surface area contributed by atoms with Crippen LogP contribution in [-0.4, -0.2) is 53.1 Å². The second-order valence-electron chi connectivity index (χ2n) is 6.19. The molecule has 1 aliphatic carbocycles. The van der Waals surface area contributed by atoms with E-state index in [4.69, 9.17) is 4.52 Å². The second kappa shape index (κ2) is 6.37. The minimum atomic E-state index is -0.145. The molecule has 1 N–H and O–H groups in total. The molecule has 1 atom stereocenters. The summed E-state index contributed by atoms with van der Waals surface area (Å²) < 4.78 is 4.76. The number of carbonyl (C=O) groups is 2. The van der Waals surface area contributed by atoms with Crippen molar-refractivity contribution >= 4 is 11.9 Å². The fourth-order valence-electron chi connectivity index (χ4n) is 2.80. The zero-order valence-corrected chi connectivity index (χ0v) is 12.8. The molecule has 1 saturated heterocycles. The van der Waals surface area contributed by atoms with E-state index in [0.29, 0.717) is 18.8 Å². The highest BCUT2D eigenvalue weighted by atomic mass is 16.5. The Morgan fingerprint density at radius 2 is 2.27 bits per heavy atom. The zero-order chi connectivity index (χ0) is 15.5. The third kappa shape index (κ3) is 3.58. The van der Waals surface area contributed by atoms with Gasteiger partial charge in [-0.05, 0) is 25.7 Å². The maximum Gasteiger partial charge on any atom is 0.317 e. The Kier molecular flexibility index (Phi) is 4.31. The number of hydrogen-bond donors (Lipinski definition) is 1. The molecule has 0 bridgehead atoms. The van der Waals surface area contributed by atoms with E-state index >= 15 is 0 Å². The summed E-state index contributed by atoms with van der Waals surface area (Å²) in [4.78, 5) is 27.8. The van der Waals surface area contributed by atoms with Crippen LogP contribution in [0.15, 0.2) is 16.9 Å². The van der Waals surface area contributed by atoms with Crippen molar-refractivity contribution < 1.29 is 14.1 Å². The van der Waals surface area contributed by atoms with Crippen molar-refractivity contribution in [2.45, 2.75) is 38.3 Å². The molecule has 3 amide bonds. The van der Waals surface area contributed by atoms with Crippen LogP contribution in [0.25, 0.3) is 0 Å². The number of piperidine rings is 1. The van der Waals surface area contributed by atoms with Gasteiger partial charge in [0.15, 0.2) is 0 Å². The van der Waals surface area contributed by atoms with Gasteiger partial charge in [-0.1, -0.05) is 5.16 Å². The van der Waals surface area contributed by atoms with E-state index in [1.165, 1.54) is 6.26 Å². The molecule has 1 aliphatic heterocycles. The molecular formula is C15H22N4O3. The summed E-state index contributed by atoms with van der Waals surface area (Å²) in [6, 6.07) is 1.62. The fraction of sp³-hybridized carbons (Fsp3) is 0.667. The monoisotopic (exact) mass is 306 g/mol. The van der Waals surface area contributed by atoms with Crippen LogP contribution in [0.1, 0.15) is 31.4 Å². The minimum Gasteiger partial charge on any atom is -0.364 e. The molecule has 2 aliphatic rings. The van der Waals surface area contributed by atoms with Gasteiger partial charge < -0.3 is 19.6 Å². The van der Waals surface area contributed by atoms with Crippen LogP contribution in [0.3, 0.4) is 0 Å². The van der Waals surface area contributed by atoms with E-state index in [1.807, 2.05) is 4.90 Å². The van der Waals surface area contributed by atoms with Gasteiger partial charge in [0.2, 0.25) is 5.91 Å². The highest BCUT2D eigenvalue weighted by molar-refractivity contribution is 5.81. The first kappa shape index (κ1) is 14.9. The molecule has 0 aromatic carbocycles. The summed E-state index contributed by atoms with van der Waals surface area (Å²) in [5, 5.41) is 6.81. The van der Waals surface area contributed by atoms with Crippen LogP contribution < -0.4 is 5.32 Å². The van der Waals surface area contributed by atoms with E-state index < -0.39 is 0 Å². The highest BCUT2D eigenvalue weighted by Crippen LogP contribution is 2.31. The molecule has 1 aromatic rings. The number of likely N-dealkylation sites (tertiary alicyclic amines) is 1. The van der Waals surface area contributed by atoms with E-state index in [9.17, 15) is 9.59 Å². The number of amides is 3.